The van der Waals surface area contributed by atoms with E-state index in [0.29, 0.717) is 5.56 Å². The molecule has 0 aliphatic carbocycles. The van der Waals surface area contributed by atoms with Crippen LogP contribution in [0, 0.1) is 0 Å². The summed E-state index contributed by atoms with van der Waals surface area (Å²) in [6.45, 7) is 0. The Hall–Kier alpha value is -2.79. The Morgan fingerprint density at radius 2 is 1.59 bits per heavy atom. The molecule has 11 heteroatoms. The summed E-state index contributed by atoms with van der Waals surface area (Å²) in [5.41, 5.74) is 3.18. The molecule has 0 fully saturated rings. The Morgan fingerprint density at radius 1 is 1.04 bits per heavy atom. The number of nitrogens with two attached hydrogens (primary N) is 1. The lowest BCUT2D eigenvalue weighted by atomic mass is 10.0. The van der Waals surface area contributed by atoms with Crippen molar-refractivity contribution in [3.8, 4) is 0 Å². The molecule has 0 saturated heterocycles. The third kappa shape index (κ3) is 3.55. The van der Waals surface area contributed by atoms with Gasteiger partial charge >= 0.3 is 11.8 Å². The number of sulfonamides is 1. The first-order valence-corrected chi connectivity index (χ1v) is 9.04. The average Bonchev–Trinajstić information content (AvgIpc) is 3.43. The molecule has 0 spiro atoms. The monoisotopic (exact) mass is 398 g/mol. The Bertz CT molecular complexity index is 984. The van der Waals surface area contributed by atoms with Gasteiger partial charge in [-0.25, -0.2) is 13.1 Å². The highest BCUT2D eigenvalue weighted by Gasteiger charge is 2.65. The second-order valence-corrected chi connectivity index (χ2v) is 7.43. The maximum absolute atomic E-state index is 13.0. The van der Waals surface area contributed by atoms with Crippen molar-refractivity contribution < 1.29 is 26.4 Å². The molecular formula is C16H13F3N4O3S. The maximum Gasteiger partial charge on any atom is 0.442 e. The summed E-state index contributed by atoms with van der Waals surface area (Å²) in [7, 11) is -4.31. The minimum atomic E-state index is -4.72. The molecule has 0 saturated carbocycles. The molecule has 1 amide bonds. The summed E-state index contributed by atoms with van der Waals surface area (Å²) in [6.07, 6.45) is -4.72. The lowest BCUT2D eigenvalue weighted by molar-refractivity contribution is -0.166. The highest BCUT2D eigenvalue weighted by atomic mass is 32.2. The van der Waals surface area contributed by atoms with Gasteiger partial charge in [-0.05, 0) is 17.7 Å². The van der Waals surface area contributed by atoms with Crippen molar-refractivity contribution in [2.45, 2.75) is 22.8 Å². The van der Waals surface area contributed by atoms with Crippen molar-refractivity contribution in [1.29, 1.82) is 0 Å². The van der Waals surface area contributed by atoms with Crippen molar-refractivity contribution in [3.05, 3.63) is 65.7 Å². The van der Waals surface area contributed by atoms with E-state index in [1.54, 1.807) is 30.3 Å². The fourth-order valence-electron chi connectivity index (χ4n) is 2.38. The largest absolute Gasteiger partial charge is 0.442 e. The van der Waals surface area contributed by atoms with Gasteiger partial charge in [0.05, 0.1) is 4.90 Å². The minimum absolute atomic E-state index is 0.318. The van der Waals surface area contributed by atoms with E-state index in [0.717, 1.165) is 24.3 Å². The fraction of sp³-hybridized carbons (Fsp3) is 0.188. The number of nitrogens with one attached hydrogen (secondary N) is 1. The van der Waals surface area contributed by atoms with E-state index < -0.39 is 38.7 Å². The number of hydrogen-bond acceptors (Lipinski definition) is 6. The zero-order valence-electron chi connectivity index (χ0n) is 13.5. The number of alkyl halides is 3. The van der Waals surface area contributed by atoms with Crippen LogP contribution in [0.15, 0.2) is 69.7 Å². The van der Waals surface area contributed by atoms with Gasteiger partial charge in [-0.15, -0.1) is 10.2 Å². The Kier molecular flexibility index (Phi) is 4.52. The summed E-state index contributed by atoms with van der Waals surface area (Å²) >= 11 is 0. The van der Waals surface area contributed by atoms with E-state index >= 15 is 0 Å². The Balaban J connectivity index is 1.77. The van der Waals surface area contributed by atoms with Gasteiger partial charge in [-0.1, -0.05) is 42.5 Å². The summed E-state index contributed by atoms with van der Waals surface area (Å²) in [4.78, 5) is 11.7. The van der Waals surface area contributed by atoms with Crippen LogP contribution in [-0.2, 0) is 20.5 Å². The van der Waals surface area contributed by atoms with Crippen molar-refractivity contribution in [1.82, 2.24) is 4.72 Å². The molecule has 7 nitrogen and oxygen atoms in total. The van der Waals surface area contributed by atoms with Crippen LogP contribution in [0.3, 0.4) is 0 Å². The summed E-state index contributed by atoms with van der Waals surface area (Å²) in [6, 6.07) is 10.7. The second kappa shape index (κ2) is 6.43. The summed E-state index contributed by atoms with van der Waals surface area (Å²) in [5, 5.41) is 6.07. The van der Waals surface area contributed by atoms with Crippen LogP contribution >= 0.6 is 0 Å². The summed E-state index contributed by atoms with van der Waals surface area (Å²) in [5.74, 6) is -0.968. The molecule has 0 bridgehead atoms. The van der Waals surface area contributed by atoms with Crippen LogP contribution < -0.4 is 10.5 Å². The lowest BCUT2D eigenvalue weighted by Crippen LogP contribution is -2.38. The molecule has 142 valence electrons. The highest BCUT2D eigenvalue weighted by molar-refractivity contribution is 7.90. The van der Waals surface area contributed by atoms with E-state index in [-0.39, 0.29) is 5.56 Å². The molecule has 0 unspecified atom stereocenters. The smallest absolute Gasteiger partial charge is 0.316 e. The van der Waals surface area contributed by atoms with Crippen LogP contribution in [0.5, 0.6) is 0 Å². The molecule has 1 atom stereocenters. The first kappa shape index (κ1) is 19.0. The van der Waals surface area contributed by atoms with Crippen LogP contribution in [0.1, 0.15) is 17.2 Å². The number of carbonyl (C=O) groups excluding carboxylic acids is 1. The normalized spacial score (nSPS) is 16.6. The van der Waals surface area contributed by atoms with E-state index in [2.05, 4.69) is 10.2 Å². The van der Waals surface area contributed by atoms with E-state index in [1.807, 2.05) is 4.72 Å². The van der Waals surface area contributed by atoms with Crippen molar-refractivity contribution in [2.75, 3.05) is 0 Å². The molecule has 0 radical (unpaired) electrons. The zero-order valence-corrected chi connectivity index (χ0v) is 14.3. The molecule has 2 aromatic rings. The standard InChI is InChI=1S/C16H13F3N4O3S/c17-16(18,19)15(22-23-15)11-6-8-12(9-7-11)27(25,26)21-14(24)13(20)10-4-2-1-3-5-10/h1-9,13H,20H2,(H,21,24)/t13-/m0/s1. The highest BCUT2D eigenvalue weighted by Crippen LogP contribution is 2.52. The SMILES string of the molecule is N[C@H](C(=O)NS(=O)(=O)c1ccc(C2(C(F)(F)F)N=N2)cc1)c1ccccc1. The molecule has 1 aliphatic heterocycles. The quantitative estimate of drug-likeness (QED) is 0.805. The maximum atomic E-state index is 13.0. The van der Waals surface area contributed by atoms with Crippen LogP contribution in [0.4, 0.5) is 13.2 Å². The number of benzene rings is 2. The first-order chi connectivity index (χ1) is 12.6. The lowest BCUT2D eigenvalue weighted by Gasteiger charge is -2.16. The predicted molar refractivity (Wildman–Crippen MR) is 87.7 cm³/mol. The molecule has 3 N–H and O–H groups in total. The van der Waals surface area contributed by atoms with Crippen LogP contribution in [-0.4, -0.2) is 20.5 Å². The van der Waals surface area contributed by atoms with E-state index in [1.165, 1.54) is 0 Å². The average molecular weight is 398 g/mol. The fourth-order valence-corrected chi connectivity index (χ4v) is 3.38. The van der Waals surface area contributed by atoms with Gasteiger partial charge < -0.3 is 5.73 Å². The van der Waals surface area contributed by atoms with Gasteiger partial charge in [0.25, 0.3) is 15.9 Å². The number of carbonyl (C=O) groups is 1. The molecule has 2 aromatic carbocycles. The van der Waals surface area contributed by atoms with Crippen molar-refractivity contribution >= 4 is 15.9 Å². The second-order valence-electron chi connectivity index (χ2n) is 5.75. The molecule has 0 aromatic heterocycles. The minimum Gasteiger partial charge on any atom is -0.316 e. The molecule has 1 heterocycles. The predicted octanol–water partition coefficient (Wildman–Crippen LogP) is 2.37. The number of rotatable bonds is 5. The number of halogens is 3. The van der Waals surface area contributed by atoms with Crippen LogP contribution in [0.2, 0.25) is 0 Å². The number of nitrogens with zero attached hydrogens (tertiary/aromatic N) is 2. The third-order valence-electron chi connectivity index (χ3n) is 3.94. The Labute approximate surface area is 152 Å². The topological polar surface area (TPSA) is 114 Å². The first-order valence-electron chi connectivity index (χ1n) is 7.55. The summed E-state index contributed by atoms with van der Waals surface area (Å²) < 4.78 is 65.3. The van der Waals surface area contributed by atoms with E-state index in [4.69, 9.17) is 5.73 Å². The number of amides is 1. The van der Waals surface area contributed by atoms with Gasteiger partial charge in [0.2, 0.25) is 0 Å². The van der Waals surface area contributed by atoms with Gasteiger partial charge in [-0.3, -0.25) is 4.79 Å². The molecular weight excluding hydrogens is 385 g/mol. The molecule has 1 aliphatic rings. The van der Waals surface area contributed by atoms with Crippen molar-refractivity contribution in [3.63, 3.8) is 0 Å². The number of hydrogen-bond donors (Lipinski definition) is 2. The van der Waals surface area contributed by atoms with Gasteiger partial charge in [0.15, 0.2) is 0 Å². The van der Waals surface area contributed by atoms with Crippen molar-refractivity contribution in [2.24, 2.45) is 16.0 Å². The zero-order chi connectivity index (χ0) is 19.9. The van der Waals surface area contributed by atoms with Gasteiger partial charge in [0, 0.05) is 5.56 Å². The van der Waals surface area contributed by atoms with E-state index in [9.17, 15) is 26.4 Å². The molecule has 3 rings (SSSR count). The molecule has 27 heavy (non-hydrogen) atoms. The third-order valence-corrected chi connectivity index (χ3v) is 5.30. The van der Waals surface area contributed by atoms with Crippen LogP contribution in [0.25, 0.3) is 0 Å². The van der Waals surface area contributed by atoms with Gasteiger partial charge in [-0.2, -0.15) is 13.2 Å². The Morgan fingerprint density at radius 3 is 2.07 bits per heavy atom. The van der Waals surface area contributed by atoms with Gasteiger partial charge in [0.1, 0.15) is 6.04 Å².